The highest BCUT2D eigenvalue weighted by Gasteiger charge is 2.21. The largest absolute Gasteiger partial charge is 0.390 e. The maximum Gasteiger partial charge on any atom is 0.147 e. The van der Waals surface area contributed by atoms with Crippen molar-refractivity contribution in [2.24, 2.45) is 0 Å². The Morgan fingerprint density at radius 1 is 1.35 bits per heavy atom. The van der Waals surface area contributed by atoms with E-state index in [4.69, 9.17) is 5.11 Å². The molecule has 5 heteroatoms. The van der Waals surface area contributed by atoms with Crippen LogP contribution in [0.4, 0.5) is 5.82 Å². The van der Waals surface area contributed by atoms with E-state index in [-0.39, 0.29) is 6.61 Å². The van der Waals surface area contributed by atoms with Crippen LogP contribution >= 0.6 is 0 Å². The summed E-state index contributed by atoms with van der Waals surface area (Å²) in [7, 11) is 4.26. The Kier molecular flexibility index (Phi) is 3.91. The van der Waals surface area contributed by atoms with E-state index in [1.54, 1.807) is 12.4 Å². The van der Waals surface area contributed by atoms with Gasteiger partial charge in [0.15, 0.2) is 0 Å². The summed E-state index contributed by atoms with van der Waals surface area (Å²) >= 11 is 0. The highest BCUT2D eigenvalue weighted by atomic mass is 16.3. The number of aliphatic hydroxyl groups is 1. The van der Waals surface area contributed by atoms with Gasteiger partial charge in [-0.05, 0) is 26.9 Å². The molecular formula is C12H20N4O. The maximum absolute atomic E-state index is 9.05. The third-order valence-electron chi connectivity index (χ3n) is 3.35. The van der Waals surface area contributed by atoms with Gasteiger partial charge in [-0.1, -0.05) is 0 Å². The van der Waals surface area contributed by atoms with E-state index in [9.17, 15) is 0 Å². The molecule has 0 aliphatic carbocycles. The van der Waals surface area contributed by atoms with Crippen LogP contribution < -0.4 is 4.90 Å². The van der Waals surface area contributed by atoms with Crippen molar-refractivity contribution in [3.63, 3.8) is 0 Å². The van der Waals surface area contributed by atoms with Crippen LogP contribution in [0.1, 0.15) is 18.5 Å². The number of aromatic nitrogens is 2. The molecule has 1 aromatic rings. The first-order chi connectivity index (χ1) is 8.20. The summed E-state index contributed by atoms with van der Waals surface area (Å²) < 4.78 is 0. The Labute approximate surface area is 102 Å². The van der Waals surface area contributed by atoms with Crippen molar-refractivity contribution in [3.8, 4) is 0 Å². The molecule has 0 unspecified atom stereocenters. The van der Waals surface area contributed by atoms with Gasteiger partial charge in [-0.3, -0.25) is 4.98 Å². The van der Waals surface area contributed by atoms with Gasteiger partial charge in [0.1, 0.15) is 5.82 Å². The minimum absolute atomic E-state index is 0.0466. The van der Waals surface area contributed by atoms with E-state index in [1.807, 2.05) is 0 Å². The first-order valence-electron chi connectivity index (χ1n) is 6.04. The lowest BCUT2D eigenvalue weighted by Crippen LogP contribution is -2.42. The molecule has 17 heavy (non-hydrogen) atoms. The van der Waals surface area contributed by atoms with Crippen molar-refractivity contribution in [3.05, 3.63) is 18.1 Å². The number of piperidine rings is 1. The predicted molar refractivity (Wildman–Crippen MR) is 66.9 cm³/mol. The maximum atomic E-state index is 9.05. The molecule has 1 N–H and O–H groups in total. The van der Waals surface area contributed by atoms with Crippen molar-refractivity contribution in [2.45, 2.75) is 25.5 Å². The number of nitrogens with zero attached hydrogens (tertiary/aromatic N) is 4. The first kappa shape index (κ1) is 12.3. The fourth-order valence-corrected chi connectivity index (χ4v) is 2.23. The highest BCUT2D eigenvalue weighted by Crippen LogP contribution is 2.19. The van der Waals surface area contributed by atoms with Crippen LogP contribution in [-0.2, 0) is 6.61 Å². The second kappa shape index (κ2) is 5.42. The monoisotopic (exact) mass is 236 g/mol. The van der Waals surface area contributed by atoms with E-state index < -0.39 is 0 Å². The van der Waals surface area contributed by atoms with E-state index >= 15 is 0 Å². The molecule has 0 radical (unpaired) electrons. The lowest BCUT2D eigenvalue weighted by Gasteiger charge is -2.35. The molecule has 1 aromatic heterocycles. The van der Waals surface area contributed by atoms with Gasteiger partial charge in [-0.15, -0.1) is 0 Å². The Balaban J connectivity index is 2.00. The van der Waals surface area contributed by atoms with Crippen LogP contribution in [0.5, 0.6) is 0 Å². The molecule has 1 aliphatic heterocycles. The lowest BCUT2D eigenvalue weighted by molar-refractivity contribution is 0.249. The number of rotatable bonds is 3. The van der Waals surface area contributed by atoms with Gasteiger partial charge in [0.05, 0.1) is 24.7 Å². The minimum atomic E-state index is -0.0466. The third kappa shape index (κ3) is 2.92. The van der Waals surface area contributed by atoms with Crippen LogP contribution in [0.15, 0.2) is 12.4 Å². The molecule has 0 aromatic carbocycles. The molecule has 0 atom stereocenters. The normalized spacial score (nSPS) is 17.8. The van der Waals surface area contributed by atoms with Crippen molar-refractivity contribution < 1.29 is 5.11 Å². The number of anilines is 1. The average Bonchev–Trinajstić information content (AvgIpc) is 2.39. The number of aliphatic hydroxyl groups excluding tert-OH is 1. The fraction of sp³-hybridized carbons (Fsp3) is 0.667. The topological polar surface area (TPSA) is 52.5 Å². The van der Waals surface area contributed by atoms with Crippen molar-refractivity contribution in [2.75, 3.05) is 32.1 Å². The summed E-state index contributed by atoms with van der Waals surface area (Å²) in [5, 5.41) is 9.05. The molecule has 94 valence electrons. The van der Waals surface area contributed by atoms with Gasteiger partial charge >= 0.3 is 0 Å². The number of hydrogen-bond donors (Lipinski definition) is 1. The van der Waals surface area contributed by atoms with Crippen LogP contribution in [0.25, 0.3) is 0 Å². The summed E-state index contributed by atoms with van der Waals surface area (Å²) in [5.41, 5.74) is 0.636. The first-order valence-corrected chi connectivity index (χ1v) is 6.04. The molecule has 1 fully saturated rings. The van der Waals surface area contributed by atoms with Gasteiger partial charge < -0.3 is 14.9 Å². The molecule has 0 spiro atoms. The van der Waals surface area contributed by atoms with Gasteiger partial charge in [-0.25, -0.2) is 4.98 Å². The van der Waals surface area contributed by atoms with E-state index in [1.165, 1.54) is 0 Å². The fourth-order valence-electron chi connectivity index (χ4n) is 2.23. The van der Waals surface area contributed by atoms with Gasteiger partial charge in [-0.2, -0.15) is 0 Å². The summed E-state index contributed by atoms with van der Waals surface area (Å²) in [6.45, 7) is 1.97. The second-order valence-electron chi connectivity index (χ2n) is 4.71. The standard InChI is InChI=1S/C12H20N4O/c1-15(2)11-3-5-16(6-4-11)12-8-13-7-10(9-17)14-12/h7-8,11,17H,3-6,9H2,1-2H3. The molecule has 0 amide bonds. The summed E-state index contributed by atoms with van der Waals surface area (Å²) in [5.74, 6) is 0.883. The Morgan fingerprint density at radius 2 is 2.06 bits per heavy atom. The molecule has 1 saturated heterocycles. The molecule has 0 bridgehead atoms. The van der Waals surface area contributed by atoms with Crippen LogP contribution in [0.3, 0.4) is 0 Å². The Hall–Kier alpha value is -1.20. The molecule has 2 rings (SSSR count). The quantitative estimate of drug-likeness (QED) is 0.828. The zero-order valence-corrected chi connectivity index (χ0v) is 10.5. The zero-order chi connectivity index (χ0) is 12.3. The zero-order valence-electron chi connectivity index (χ0n) is 10.5. The van der Waals surface area contributed by atoms with Crippen molar-refractivity contribution >= 4 is 5.82 Å². The average molecular weight is 236 g/mol. The van der Waals surface area contributed by atoms with Crippen LogP contribution in [-0.4, -0.2) is 53.2 Å². The highest BCUT2D eigenvalue weighted by molar-refractivity contribution is 5.36. The predicted octanol–water partition coefficient (Wildman–Crippen LogP) is 0.499. The van der Waals surface area contributed by atoms with E-state index in [0.29, 0.717) is 11.7 Å². The SMILES string of the molecule is CN(C)C1CCN(c2cncc(CO)n2)CC1. The van der Waals surface area contributed by atoms with Gasteiger partial charge in [0, 0.05) is 19.1 Å². The van der Waals surface area contributed by atoms with E-state index in [2.05, 4.69) is 33.9 Å². The Morgan fingerprint density at radius 3 is 2.65 bits per heavy atom. The molecule has 5 nitrogen and oxygen atoms in total. The minimum Gasteiger partial charge on any atom is -0.390 e. The van der Waals surface area contributed by atoms with Gasteiger partial charge in [0.2, 0.25) is 0 Å². The lowest BCUT2D eigenvalue weighted by atomic mass is 10.0. The molecule has 0 saturated carbocycles. The van der Waals surface area contributed by atoms with E-state index in [0.717, 1.165) is 31.7 Å². The molecular weight excluding hydrogens is 216 g/mol. The summed E-state index contributed by atoms with van der Waals surface area (Å²) in [6.07, 6.45) is 5.68. The van der Waals surface area contributed by atoms with Crippen LogP contribution in [0, 0.1) is 0 Å². The molecule has 2 heterocycles. The number of hydrogen-bond acceptors (Lipinski definition) is 5. The molecule has 1 aliphatic rings. The smallest absolute Gasteiger partial charge is 0.147 e. The summed E-state index contributed by atoms with van der Waals surface area (Å²) in [6, 6.07) is 0.667. The second-order valence-corrected chi connectivity index (χ2v) is 4.71. The van der Waals surface area contributed by atoms with Crippen molar-refractivity contribution in [1.29, 1.82) is 0 Å². The Bertz CT molecular complexity index is 361. The summed E-state index contributed by atoms with van der Waals surface area (Å²) in [4.78, 5) is 13.0. The van der Waals surface area contributed by atoms with Crippen LogP contribution in [0.2, 0.25) is 0 Å². The third-order valence-corrected chi connectivity index (χ3v) is 3.35. The van der Waals surface area contributed by atoms with Crippen molar-refractivity contribution in [1.82, 2.24) is 14.9 Å². The van der Waals surface area contributed by atoms with Gasteiger partial charge in [0.25, 0.3) is 0 Å².